The van der Waals surface area contributed by atoms with E-state index >= 15 is 0 Å². The highest BCUT2D eigenvalue weighted by Crippen LogP contribution is 2.47. The van der Waals surface area contributed by atoms with E-state index in [1.807, 2.05) is 24.3 Å². The maximum absolute atomic E-state index is 13.1. The van der Waals surface area contributed by atoms with Crippen molar-refractivity contribution in [2.24, 2.45) is 17.8 Å². The Morgan fingerprint density at radius 3 is 2.40 bits per heavy atom. The highest BCUT2D eigenvalue weighted by molar-refractivity contribution is 5.85. The number of hydrogen-bond acceptors (Lipinski definition) is 5. The predicted octanol–water partition coefficient (Wildman–Crippen LogP) is 2.86. The number of nitrogens with zero attached hydrogens (tertiary/aromatic N) is 1. The largest absolute Gasteiger partial charge is 0.481 e. The molecule has 0 aromatic heterocycles. The monoisotopic (exact) mass is 476 g/mol. The van der Waals surface area contributed by atoms with Gasteiger partial charge in [-0.3, -0.25) is 9.59 Å². The van der Waals surface area contributed by atoms with E-state index in [4.69, 9.17) is 9.47 Å². The molecule has 1 saturated carbocycles. The average molecular weight is 477 g/mol. The highest BCUT2D eigenvalue weighted by atomic mass is 16.5. The number of fused-ring (bicyclic) bond motifs is 4. The smallest absolute Gasteiger partial charge is 0.407 e. The molecule has 4 fully saturated rings. The first-order valence-corrected chi connectivity index (χ1v) is 12.3. The molecule has 0 radical (unpaired) electrons. The Morgan fingerprint density at radius 2 is 1.74 bits per heavy atom. The van der Waals surface area contributed by atoms with Crippen LogP contribution in [0.1, 0.15) is 29.9 Å². The third-order valence-corrected chi connectivity index (χ3v) is 8.18. The van der Waals surface area contributed by atoms with Gasteiger partial charge in [-0.05, 0) is 41.0 Å². The van der Waals surface area contributed by atoms with Crippen LogP contribution < -0.4 is 5.32 Å². The molecular formula is C27H28N2O6. The predicted molar refractivity (Wildman–Crippen MR) is 126 cm³/mol. The molecule has 3 saturated heterocycles. The molecule has 3 unspecified atom stereocenters. The average Bonchev–Trinajstić information content (AvgIpc) is 3.62. The van der Waals surface area contributed by atoms with E-state index in [2.05, 4.69) is 29.6 Å². The second-order valence-electron chi connectivity index (χ2n) is 9.96. The lowest BCUT2D eigenvalue weighted by molar-refractivity contribution is -0.150. The van der Waals surface area contributed by atoms with Crippen LogP contribution in [0.3, 0.4) is 0 Å². The molecule has 5 atom stereocenters. The molecule has 0 spiro atoms. The van der Waals surface area contributed by atoms with Crippen molar-refractivity contribution in [1.82, 2.24) is 10.2 Å². The Balaban J connectivity index is 1.04. The fraction of sp³-hybridized carbons (Fsp3) is 0.444. The summed E-state index contributed by atoms with van der Waals surface area (Å²) in [4.78, 5) is 38.8. The zero-order valence-corrected chi connectivity index (χ0v) is 19.3. The minimum Gasteiger partial charge on any atom is -0.481 e. The Bertz CT molecular complexity index is 1140. The second-order valence-corrected chi connectivity index (χ2v) is 9.96. The molecule has 8 heteroatoms. The van der Waals surface area contributed by atoms with Gasteiger partial charge in [0.1, 0.15) is 12.7 Å². The third kappa shape index (κ3) is 3.67. The normalized spacial score (nSPS) is 28.2. The van der Waals surface area contributed by atoms with Gasteiger partial charge in [-0.2, -0.15) is 0 Å². The number of nitrogens with one attached hydrogen (secondary N) is 1. The van der Waals surface area contributed by atoms with Crippen molar-refractivity contribution < 1.29 is 29.0 Å². The van der Waals surface area contributed by atoms with Crippen LogP contribution in [0.2, 0.25) is 0 Å². The number of carbonyl (C=O) groups is 3. The fourth-order valence-electron chi connectivity index (χ4n) is 6.38. The molecule has 2 N–H and O–H groups in total. The van der Waals surface area contributed by atoms with E-state index < -0.39 is 24.1 Å². The molecule has 3 aliphatic heterocycles. The van der Waals surface area contributed by atoms with Crippen molar-refractivity contribution in [1.29, 1.82) is 0 Å². The topological polar surface area (TPSA) is 105 Å². The first-order valence-electron chi connectivity index (χ1n) is 12.3. The van der Waals surface area contributed by atoms with Crippen LogP contribution in [0.5, 0.6) is 0 Å². The van der Waals surface area contributed by atoms with Gasteiger partial charge in [-0.25, -0.2) is 4.79 Å². The van der Waals surface area contributed by atoms with Gasteiger partial charge in [0.05, 0.1) is 5.92 Å². The van der Waals surface area contributed by atoms with Gasteiger partial charge in [0.25, 0.3) is 5.91 Å². The van der Waals surface area contributed by atoms with E-state index in [0.29, 0.717) is 19.6 Å². The summed E-state index contributed by atoms with van der Waals surface area (Å²) >= 11 is 0. The number of alkyl carbamates (subject to hydrolysis) is 1. The number of benzene rings is 2. The number of carboxylic acid groups (broad SMARTS) is 1. The molecule has 182 valence electrons. The molecule has 8 nitrogen and oxygen atoms in total. The van der Waals surface area contributed by atoms with Crippen molar-refractivity contribution in [2.45, 2.75) is 30.9 Å². The van der Waals surface area contributed by atoms with Crippen molar-refractivity contribution in [3.63, 3.8) is 0 Å². The third-order valence-electron chi connectivity index (χ3n) is 8.18. The van der Waals surface area contributed by atoms with Crippen molar-refractivity contribution in [3.8, 4) is 11.1 Å². The lowest BCUT2D eigenvalue weighted by atomic mass is 9.74. The van der Waals surface area contributed by atoms with Crippen LogP contribution in [-0.4, -0.2) is 66.4 Å². The van der Waals surface area contributed by atoms with Crippen LogP contribution in [-0.2, 0) is 19.1 Å². The van der Waals surface area contributed by atoms with Crippen LogP contribution >= 0.6 is 0 Å². The summed E-state index contributed by atoms with van der Waals surface area (Å²) in [5.74, 6) is -1.58. The maximum Gasteiger partial charge on any atom is 0.407 e. The summed E-state index contributed by atoms with van der Waals surface area (Å²) < 4.78 is 11.3. The lowest BCUT2D eigenvalue weighted by Gasteiger charge is -2.34. The van der Waals surface area contributed by atoms with Gasteiger partial charge in [-0.1, -0.05) is 48.5 Å². The van der Waals surface area contributed by atoms with Gasteiger partial charge in [0.15, 0.2) is 0 Å². The van der Waals surface area contributed by atoms with Crippen LogP contribution in [0, 0.1) is 17.8 Å². The quantitative estimate of drug-likeness (QED) is 0.664. The van der Waals surface area contributed by atoms with E-state index in [1.165, 1.54) is 11.1 Å². The van der Waals surface area contributed by atoms with E-state index in [0.717, 1.165) is 17.5 Å². The molecule has 2 aromatic rings. The highest BCUT2D eigenvalue weighted by Gasteiger charge is 2.58. The lowest BCUT2D eigenvalue weighted by Crippen LogP contribution is -2.49. The number of hydrogen-bond donors (Lipinski definition) is 2. The molecule has 2 bridgehead atoms. The summed E-state index contributed by atoms with van der Waals surface area (Å²) in [7, 11) is 0. The zero-order chi connectivity index (χ0) is 24.1. The molecule has 7 rings (SSSR count). The summed E-state index contributed by atoms with van der Waals surface area (Å²) in [6.07, 6.45) is 0.236. The maximum atomic E-state index is 13.1. The minimum absolute atomic E-state index is 0.0128. The van der Waals surface area contributed by atoms with Gasteiger partial charge in [-0.15, -0.1) is 0 Å². The Morgan fingerprint density at radius 1 is 1.06 bits per heavy atom. The van der Waals surface area contributed by atoms with Gasteiger partial charge in [0, 0.05) is 37.6 Å². The van der Waals surface area contributed by atoms with Crippen LogP contribution in [0.4, 0.5) is 4.79 Å². The standard InChI is InChI=1S/C27H28N2O6/c30-25(29-13-16-11-22(29)23(16)26(31)32)24-15(9-10-34-24)12-28-27(33)35-14-21-19-7-3-1-5-17(19)18-6-2-4-8-20(18)21/h1-8,15-16,21-24H,9-14H2,(H,28,33)(H,31,32)/t15-,16?,22?,23?,24-/m1/s1. The van der Waals surface area contributed by atoms with Crippen molar-refractivity contribution in [3.05, 3.63) is 59.7 Å². The molecule has 35 heavy (non-hydrogen) atoms. The summed E-state index contributed by atoms with van der Waals surface area (Å²) in [5.41, 5.74) is 4.65. The van der Waals surface area contributed by atoms with Crippen LogP contribution in [0.15, 0.2) is 48.5 Å². The number of carbonyl (C=O) groups excluding carboxylic acids is 2. The van der Waals surface area contributed by atoms with Crippen molar-refractivity contribution >= 4 is 18.0 Å². The van der Waals surface area contributed by atoms with Gasteiger partial charge in [0.2, 0.25) is 0 Å². The molecular weight excluding hydrogens is 448 g/mol. The van der Waals surface area contributed by atoms with Crippen LogP contribution in [0.25, 0.3) is 11.1 Å². The SMILES string of the molecule is O=C(NC[C@H]1CCO[C@H]1C(=O)N1CC2CC1C2C(=O)O)OCC1c2ccccc2-c2ccccc21. The number of aliphatic carboxylic acids is 1. The van der Waals surface area contributed by atoms with Gasteiger partial charge < -0.3 is 24.8 Å². The number of amides is 2. The molecule has 2 aromatic carbocycles. The summed E-state index contributed by atoms with van der Waals surface area (Å²) in [6.45, 7) is 1.43. The number of rotatable bonds is 6. The number of ether oxygens (including phenoxy) is 2. The van der Waals surface area contributed by atoms with E-state index in [9.17, 15) is 19.5 Å². The summed E-state index contributed by atoms with van der Waals surface area (Å²) in [5, 5.41) is 12.2. The Labute approximate surface area is 203 Å². The zero-order valence-electron chi connectivity index (χ0n) is 19.3. The second kappa shape index (κ2) is 8.68. The molecule has 2 aliphatic carbocycles. The number of carboxylic acids is 1. The summed E-state index contributed by atoms with van der Waals surface area (Å²) in [6, 6.07) is 16.1. The van der Waals surface area contributed by atoms with Crippen molar-refractivity contribution in [2.75, 3.05) is 26.3 Å². The first kappa shape index (κ1) is 22.1. The Kier molecular flexibility index (Phi) is 5.48. The molecule has 5 aliphatic rings. The Hall–Kier alpha value is -3.39. The van der Waals surface area contributed by atoms with E-state index in [1.54, 1.807) is 4.90 Å². The fourth-order valence-corrected chi connectivity index (χ4v) is 6.38. The van der Waals surface area contributed by atoms with E-state index in [-0.39, 0.29) is 42.9 Å². The molecule has 3 heterocycles. The minimum atomic E-state index is -0.831. The first-order chi connectivity index (χ1) is 17.0. The molecule has 2 amide bonds. The van der Waals surface area contributed by atoms with Gasteiger partial charge >= 0.3 is 12.1 Å².